The van der Waals surface area contributed by atoms with Crippen LogP contribution in [-0.4, -0.2) is 50.6 Å². The average molecular weight is 480 g/mol. The molecule has 2 fully saturated rings. The van der Waals surface area contributed by atoms with Gasteiger partial charge in [0, 0.05) is 29.8 Å². The molecule has 1 amide bonds. The summed E-state index contributed by atoms with van der Waals surface area (Å²) in [6.07, 6.45) is -0.773. The first-order valence-electron chi connectivity index (χ1n) is 11.8. The monoisotopic (exact) mass is 479 g/mol. The van der Waals surface area contributed by atoms with E-state index in [1.807, 2.05) is 36.4 Å². The molecule has 2 aliphatic heterocycles. The molecule has 2 atom stereocenters. The molecular formula is C26H24F3N5O. The zero-order valence-corrected chi connectivity index (χ0v) is 19.1. The van der Waals surface area contributed by atoms with Crippen molar-refractivity contribution >= 4 is 22.3 Å². The number of amides is 1. The van der Waals surface area contributed by atoms with Crippen LogP contribution in [0.2, 0.25) is 0 Å². The van der Waals surface area contributed by atoms with Gasteiger partial charge in [-0.15, -0.1) is 0 Å². The van der Waals surface area contributed by atoms with Crippen LogP contribution in [0.15, 0.2) is 54.6 Å². The fourth-order valence-electron chi connectivity index (χ4n) is 5.57. The first-order chi connectivity index (χ1) is 16.8. The van der Waals surface area contributed by atoms with E-state index < -0.39 is 17.8 Å². The maximum atomic E-state index is 14.0. The van der Waals surface area contributed by atoms with E-state index in [1.165, 1.54) is 6.07 Å². The van der Waals surface area contributed by atoms with Crippen molar-refractivity contribution in [3.05, 3.63) is 66.0 Å². The van der Waals surface area contributed by atoms with Crippen molar-refractivity contribution in [1.82, 2.24) is 24.8 Å². The Labute approximate surface area is 199 Å². The predicted molar refractivity (Wildman–Crippen MR) is 126 cm³/mol. The minimum atomic E-state index is -4.67. The molecule has 2 aliphatic rings. The lowest BCUT2D eigenvalue weighted by Crippen LogP contribution is -2.48. The molecule has 180 valence electrons. The van der Waals surface area contributed by atoms with Crippen molar-refractivity contribution in [2.75, 3.05) is 7.05 Å². The van der Waals surface area contributed by atoms with E-state index in [9.17, 15) is 18.0 Å². The standard InChI is InChI=1S/C26H24F3N5O/c1-33-19-8-9-20(33)12-18(11-19)30-25(35)22-14-24-31-21(13-23(26(27,28)29)34(24)32-22)17-7-6-15-4-2-3-5-16(15)10-17/h2-7,10,13-14,18-20H,8-9,11-12H2,1H3,(H,30,35)/t19-,20-/m0/s1. The van der Waals surface area contributed by atoms with Gasteiger partial charge in [0.05, 0.1) is 5.69 Å². The third-order valence-electron chi connectivity index (χ3n) is 7.43. The van der Waals surface area contributed by atoms with Crippen molar-refractivity contribution in [3.63, 3.8) is 0 Å². The van der Waals surface area contributed by atoms with Crippen LogP contribution < -0.4 is 5.32 Å². The van der Waals surface area contributed by atoms with Gasteiger partial charge in [0.1, 0.15) is 0 Å². The van der Waals surface area contributed by atoms with Crippen LogP contribution in [0.5, 0.6) is 0 Å². The van der Waals surface area contributed by atoms with E-state index in [0.29, 0.717) is 17.6 Å². The van der Waals surface area contributed by atoms with Crippen molar-refractivity contribution in [1.29, 1.82) is 0 Å². The van der Waals surface area contributed by atoms with Crippen molar-refractivity contribution in [3.8, 4) is 11.3 Å². The summed E-state index contributed by atoms with van der Waals surface area (Å²) in [6.45, 7) is 0. The molecule has 4 heterocycles. The molecule has 35 heavy (non-hydrogen) atoms. The smallest absolute Gasteiger partial charge is 0.348 e. The highest BCUT2D eigenvalue weighted by Crippen LogP contribution is 2.35. The number of hydrogen-bond acceptors (Lipinski definition) is 4. The SMILES string of the molecule is CN1[C@H]2CC[C@H]1CC(NC(=O)c1cc3nc(-c4ccc5ccccc5c4)cc(C(F)(F)F)n3n1)C2. The summed E-state index contributed by atoms with van der Waals surface area (Å²) in [5.41, 5.74) is -0.316. The van der Waals surface area contributed by atoms with E-state index in [1.54, 1.807) is 6.07 Å². The number of rotatable bonds is 3. The lowest BCUT2D eigenvalue weighted by Gasteiger charge is -2.36. The number of alkyl halides is 3. The molecule has 4 aromatic rings. The second-order valence-corrected chi connectivity index (χ2v) is 9.58. The number of piperidine rings is 1. The number of nitrogens with zero attached hydrogens (tertiary/aromatic N) is 4. The van der Waals surface area contributed by atoms with E-state index in [0.717, 1.165) is 47.0 Å². The van der Waals surface area contributed by atoms with E-state index in [4.69, 9.17) is 0 Å². The number of benzene rings is 2. The number of hydrogen-bond donors (Lipinski definition) is 1. The quantitative estimate of drug-likeness (QED) is 0.453. The van der Waals surface area contributed by atoms with E-state index in [-0.39, 0.29) is 23.1 Å². The summed E-state index contributed by atoms with van der Waals surface area (Å²) >= 11 is 0. The average Bonchev–Trinajstić information content (AvgIpc) is 3.34. The third-order valence-corrected chi connectivity index (χ3v) is 7.43. The minimum Gasteiger partial charge on any atom is -0.348 e. The molecule has 2 saturated heterocycles. The summed E-state index contributed by atoms with van der Waals surface area (Å²) in [4.78, 5) is 19.7. The van der Waals surface area contributed by atoms with Gasteiger partial charge in [-0.1, -0.05) is 36.4 Å². The number of fused-ring (bicyclic) bond motifs is 4. The summed E-state index contributed by atoms with van der Waals surface area (Å²) in [5, 5.41) is 8.89. The van der Waals surface area contributed by atoms with Crippen molar-refractivity contribution in [2.45, 2.75) is 50.0 Å². The highest BCUT2D eigenvalue weighted by atomic mass is 19.4. The van der Waals surface area contributed by atoms with E-state index in [2.05, 4.69) is 27.3 Å². The van der Waals surface area contributed by atoms with Gasteiger partial charge in [0.25, 0.3) is 5.91 Å². The molecular weight excluding hydrogens is 455 g/mol. The Morgan fingerprint density at radius 2 is 1.71 bits per heavy atom. The van der Waals surface area contributed by atoms with Crippen LogP contribution >= 0.6 is 0 Å². The molecule has 0 spiro atoms. The first-order valence-corrected chi connectivity index (χ1v) is 11.8. The molecule has 6 nitrogen and oxygen atoms in total. The van der Waals surface area contributed by atoms with Gasteiger partial charge in [-0.3, -0.25) is 4.79 Å². The van der Waals surface area contributed by atoms with Crippen molar-refractivity contribution in [2.24, 2.45) is 0 Å². The van der Waals surface area contributed by atoms with Gasteiger partial charge in [0.2, 0.25) is 0 Å². The lowest BCUT2D eigenvalue weighted by atomic mass is 9.98. The predicted octanol–water partition coefficient (Wildman–Crippen LogP) is 4.92. The first kappa shape index (κ1) is 22.0. The van der Waals surface area contributed by atoms with Crippen LogP contribution in [0.25, 0.3) is 27.7 Å². The van der Waals surface area contributed by atoms with Crippen LogP contribution in [0.1, 0.15) is 41.9 Å². The summed E-state index contributed by atoms with van der Waals surface area (Å²) in [6, 6.07) is 16.2. The Morgan fingerprint density at radius 3 is 2.43 bits per heavy atom. The third kappa shape index (κ3) is 3.93. The number of aromatic nitrogens is 3. The van der Waals surface area contributed by atoms with Crippen LogP contribution in [0.4, 0.5) is 13.2 Å². The second-order valence-electron chi connectivity index (χ2n) is 9.58. The molecule has 2 aromatic heterocycles. The molecule has 9 heteroatoms. The second kappa shape index (κ2) is 8.05. The Hall–Kier alpha value is -3.46. The van der Waals surface area contributed by atoms with Crippen LogP contribution in [-0.2, 0) is 6.18 Å². The number of carbonyl (C=O) groups excluding carboxylic acids is 1. The largest absolute Gasteiger partial charge is 0.433 e. The normalized spacial score (nSPS) is 22.7. The summed E-state index contributed by atoms with van der Waals surface area (Å²) < 4.78 is 42.7. The Kier molecular flexibility index (Phi) is 5.07. The van der Waals surface area contributed by atoms with E-state index >= 15 is 0 Å². The maximum Gasteiger partial charge on any atom is 0.433 e. The number of halogens is 3. The Bertz CT molecular complexity index is 1430. The summed E-state index contributed by atoms with van der Waals surface area (Å²) in [5.74, 6) is -0.468. The molecule has 2 aromatic carbocycles. The molecule has 0 saturated carbocycles. The highest BCUT2D eigenvalue weighted by molar-refractivity contribution is 5.93. The summed E-state index contributed by atoms with van der Waals surface area (Å²) in [7, 11) is 2.11. The highest BCUT2D eigenvalue weighted by Gasteiger charge is 2.39. The van der Waals surface area contributed by atoms with Crippen LogP contribution in [0, 0.1) is 0 Å². The van der Waals surface area contributed by atoms with Gasteiger partial charge < -0.3 is 10.2 Å². The molecule has 0 unspecified atom stereocenters. The van der Waals surface area contributed by atoms with Crippen molar-refractivity contribution < 1.29 is 18.0 Å². The fourth-order valence-corrected chi connectivity index (χ4v) is 5.57. The van der Waals surface area contributed by atoms with Gasteiger partial charge in [-0.2, -0.15) is 18.3 Å². The van der Waals surface area contributed by atoms with Crippen LogP contribution in [0.3, 0.4) is 0 Å². The molecule has 0 radical (unpaired) electrons. The van der Waals surface area contributed by atoms with Gasteiger partial charge in [0.15, 0.2) is 17.0 Å². The Balaban J connectivity index is 1.35. The van der Waals surface area contributed by atoms with Gasteiger partial charge >= 0.3 is 6.18 Å². The zero-order chi connectivity index (χ0) is 24.3. The van der Waals surface area contributed by atoms with Gasteiger partial charge in [-0.05, 0) is 55.6 Å². The Morgan fingerprint density at radius 1 is 1.00 bits per heavy atom. The fraction of sp³-hybridized carbons (Fsp3) is 0.346. The maximum absolute atomic E-state index is 14.0. The number of nitrogens with one attached hydrogen (secondary N) is 1. The lowest BCUT2D eigenvalue weighted by molar-refractivity contribution is -0.142. The molecule has 6 rings (SSSR count). The molecule has 1 N–H and O–H groups in total. The topological polar surface area (TPSA) is 62.5 Å². The zero-order valence-electron chi connectivity index (χ0n) is 19.1. The number of carbonyl (C=O) groups is 1. The molecule has 2 bridgehead atoms. The molecule has 0 aliphatic carbocycles. The van der Waals surface area contributed by atoms with Gasteiger partial charge in [-0.25, -0.2) is 9.50 Å². The minimum absolute atomic E-state index is 0.00998.